The van der Waals surface area contributed by atoms with Crippen LogP contribution < -0.4 is 11.5 Å². The minimum absolute atomic E-state index is 0.191. The van der Waals surface area contributed by atoms with Crippen LogP contribution in [0, 0.1) is 0 Å². The highest BCUT2D eigenvalue weighted by Gasteiger charge is 1.99. The maximum absolute atomic E-state index is 5.66. The number of nitrogens with two attached hydrogens (primary N) is 2. The quantitative estimate of drug-likeness (QED) is 0.522. The van der Waals surface area contributed by atoms with Crippen molar-refractivity contribution in [2.24, 2.45) is 11.5 Å². The van der Waals surface area contributed by atoms with Gasteiger partial charge in [-0.1, -0.05) is 6.42 Å². The predicted molar refractivity (Wildman–Crippen MR) is 42.8 cm³/mol. The summed E-state index contributed by atoms with van der Waals surface area (Å²) in [6.07, 6.45) is 3.20. The molecule has 1 atom stereocenters. The Hall–Kier alpha value is -0.120. The van der Waals surface area contributed by atoms with E-state index in [-0.39, 0.29) is 6.04 Å². The molecule has 0 heterocycles. The molecule has 4 N–H and O–H groups in total. The molecule has 0 radical (unpaired) electrons. The second-order valence-corrected chi connectivity index (χ2v) is 2.50. The average molecular weight is 146 g/mol. The Morgan fingerprint density at radius 1 is 1.40 bits per heavy atom. The van der Waals surface area contributed by atoms with Crippen LogP contribution >= 0.6 is 0 Å². The van der Waals surface area contributed by atoms with Crippen molar-refractivity contribution in [3.05, 3.63) is 0 Å². The molecular weight excluding hydrogens is 128 g/mol. The molecule has 0 saturated heterocycles. The Morgan fingerprint density at radius 2 is 2.10 bits per heavy atom. The molecule has 0 aromatic heterocycles. The highest BCUT2D eigenvalue weighted by molar-refractivity contribution is 4.59. The van der Waals surface area contributed by atoms with Gasteiger partial charge in [0.1, 0.15) is 0 Å². The summed E-state index contributed by atoms with van der Waals surface area (Å²) in [5.74, 6) is 0. The summed E-state index contributed by atoms with van der Waals surface area (Å²) >= 11 is 0. The van der Waals surface area contributed by atoms with E-state index in [9.17, 15) is 0 Å². The number of ether oxygens (including phenoxy) is 1. The molecule has 1 unspecified atom stereocenters. The van der Waals surface area contributed by atoms with Crippen molar-refractivity contribution in [2.45, 2.75) is 25.3 Å². The fraction of sp³-hybridized carbons (Fsp3) is 1.00. The smallest absolute Gasteiger partial charge is 0.0613 e. The minimum atomic E-state index is 0.191. The van der Waals surface area contributed by atoms with Crippen molar-refractivity contribution in [2.75, 3.05) is 20.3 Å². The molecule has 3 heteroatoms. The number of methoxy groups -OCH3 is 1. The average Bonchev–Trinajstić information content (AvgIpc) is 1.89. The van der Waals surface area contributed by atoms with Gasteiger partial charge >= 0.3 is 0 Å². The van der Waals surface area contributed by atoms with Gasteiger partial charge in [-0.2, -0.15) is 0 Å². The second-order valence-electron chi connectivity index (χ2n) is 2.50. The van der Waals surface area contributed by atoms with Gasteiger partial charge in [0.2, 0.25) is 0 Å². The lowest BCUT2D eigenvalue weighted by atomic mass is 10.1. The number of hydrogen-bond donors (Lipinski definition) is 2. The molecule has 10 heavy (non-hydrogen) atoms. The lowest BCUT2D eigenvalue weighted by Crippen LogP contribution is -2.25. The Bertz CT molecular complexity index is 68.6. The first-order valence-corrected chi connectivity index (χ1v) is 3.76. The van der Waals surface area contributed by atoms with Crippen molar-refractivity contribution in [1.82, 2.24) is 0 Å². The Labute approximate surface area is 62.7 Å². The molecular formula is C7H18N2O. The summed E-state index contributed by atoms with van der Waals surface area (Å²) in [5.41, 5.74) is 11.0. The van der Waals surface area contributed by atoms with Crippen LogP contribution in [0.2, 0.25) is 0 Å². The standard InChI is InChI=1S/C7H18N2O/c1-10-6-7(9)4-2-3-5-8/h7H,2-6,8-9H2,1H3. The summed E-state index contributed by atoms with van der Waals surface area (Å²) in [6, 6.07) is 0.191. The van der Waals surface area contributed by atoms with Crippen LogP contribution in [-0.4, -0.2) is 26.3 Å². The molecule has 0 aliphatic rings. The first-order chi connectivity index (χ1) is 4.81. The molecule has 0 spiro atoms. The van der Waals surface area contributed by atoms with Crippen molar-refractivity contribution < 1.29 is 4.74 Å². The van der Waals surface area contributed by atoms with E-state index in [0.29, 0.717) is 6.61 Å². The van der Waals surface area contributed by atoms with Gasteiger partial charge in [-0.05, 0) is 19.4 Å². The summed E-state index contributed by atoms with van der Waals surface area (Å²) in [7, 11) is 1.67. The topological polar surface area (TPSA) is 61.3 Å². The van der Waals surface area contributed by atoms with Gasteiger partial charge in [0.25, 0.3) is 0 Å². The van der Waals surface area contributed by atoms with Crippen molar-refractivity contribution >= 4 is 0 Å². The van der Waals surface area contributed by atoms with Gasteiger partial charge in [-0.25, -0.2) is 0 Å². The molecule has 0 rings (SSSR count). The fourth-order valence-electron chi connectivity index (χ4n) is 0.848. The zero-order valence-corrected chi connectivity index (χ0v) is 6.68. The maximum Gasteiger partial charge on any atom is 0.0613 e. The van der Waals surface area contributed by atoms with Crippen molar-refractivity contribution in [3.8, 4) is 0 Å². The lowest BCUT2D eigenvalue weighted by Gasteiger charge is -2.08. The Morgan fingerprint density at radius 3 is 2.60 bits per heavy atom. The van der Waals surface area contributed by atoms with Crippen molar-refractivity contribution in [1.29, 1.82) is 0 Å². The highest BCUT2D eigenvalue weighted by atomic mass is 16.5. The van der Waals surface area contributed by atoms with Gasteiger partial charge in [0, 0.05) is 13.2 Å². The van der Waals surface area contributed by atoms with E-state index in [1.807, 2.05) is 0 Å². The first-order valence-electron chi connectivity index (χ1n) is 3.76. The third-order valence-electron chi connectivity index (χ3n) is 1.41. The summed E-state index contributed by atoms with van der Waals surface area (Å²) in [6.45, 7) is 1.42. The molecule has 0 bridgehead atoms. The van der Waals surface area contributed by atoms with Crippen molar-refractivity contribution in [3.63, 3.8) is 0 Å². The number of hydrogen-bond acceptors (Lipinski definition) is 3. The molecule has 0 saturated carbocycles. The van der Waals surface area contributed by atoms with E-state index in [0.717, 1.165) is 25.8 Å². The van der Waals surface area contributed by atoms with Crippen LogP contribution in [-0.2, 0) is 4.74 Å². The van der Waals surface area contributed by atoms with Gasteiger partial charge in [0.05, 0.1) is 6.61 Å². The van der Waals surface area contributed by atoms with E-state index in [1.54, 1.807) is 7.11 Å². The molecule has 0 aromatic rings. The SMILES string of the molecule is COCC(N)CCCCN. The van der Waals surface area contributed by atoms with E-state index in [2.05, 4.69) is 0 Å². The second kappa shape index (κ2) is 6.99. The maximum atomic E-state index is 5.66. The highest BCUT2D eigenvalue weighted by Crippen LogP contribution is 1.97. The molecule has 0 aliphatic heterocycles. The Balaban J connectivity index is 2.97. The Kier molecular flexibility index (Phi) is 6.91. The van der Waals surface area contributed by atoms with Crippen LogP contribution in [0.1, 0.15) is 19.3 Å². The molecule has 0 aromatic carbocycles. The zero-order chi connectivity index (χ0) is 7.82. The monoisotopic (exact) mass is 146 g/mol. The molecule has 62 valence electrons. The fourth-order valence-corrected chi connectivity index (χ4v) is 0.848. The third-order valence-corrected chi connectivity index (χ3v) is 1.41. The normalized spacial score (nSPS) is 13.5. The van der Waals surface area contributed by atoms with Crippen LogP contribution in [0.3, 0.4) is 0 Å². The predicted octanol–water partition coefficient (Wildman–Crippen LogP) is 0.0891. The van der Waals surface area contributed by atoms with E-state index < -0.39 is 0 Å². The van der Waals surface area contributed by atoms with E-state index >= 15 is 0 Å². The molecule has 0 amide bonds. The van der Waals surface area contributed by atoms with Crippen LogP contribution in [0.15, 0.2) is 0 Å². The van der Waals surface area contributed by atoms with Gasteiger partial charge in [-0.15, -0.1) is 0 Å². The molecule has 0 aliphatic carbocycles. The van der Waals surface area contributed by atoms with Gasteiger partial charge in [-0.3, -0.25) is 0 Å². The van der Waals surface area contributed by atoms with Gasteiger partial charge in [0.15, 0.2) is 0 Å². The summed E-state index contributed by atoms with van der Waals surface area (Å²) in [4.78, 5) is 0. The zero-order valence-electron chi connectivity index (χ0n) is 6.68. The van der Waals surface area contributed by atoms with Crippen LogP contribution in [0.4, 0.5) is 0 Å². The summed E-state index contributed by atoms with van der Waals surface area (Å²) < 4.78 is 4.88. The minimum Gasteiger partial charge on any atom is -0.383 e. The first kappa shape index (κ1) is 9.88. The lowest BCUT2D eigenvalue weighted by molar-refractivity contribution is 0.176. The molecule has 0 fully saturated rings. The van der Waals surface area contributed by atoms with E-state index in [1.165, 1.54) is 0 Å². The van der Waals surface area contributed by atoms with Gasteiger partial charge < -0.3 is 16.2 Å². The number of rotatable bonds is 6. The summed E-state index contributed by atoms with van der Waals surface area (Å²) in [5, 5.41) is 0. The third kappa shape index (κ3) is 6.01. The van der Waals surface area contributed by atoms with Crippen LogP contribution in [0.25, 0.3) is 0 Å². The van der Waals surface area contributed by atoms with Crippen LogP contribution in [0.5, 0.6) is 0 Å². The number of unbranched alkanes of at least 4 members (excludes halogenated alkanes) is 1. The molecule has 3 nitrogen and oxygen atoms in total. The largest absolute Gasteiger partial charge is 0.383 e. The van der Waals surface area contributed by atoms with E-state index in [4.69, 9.17) is 16.2 Å².